The zero-order chi connectivity index (χ0) is 19.9. The Morgan fingerprint density at radius 2 is 2.00 bits per heavy atom. The van der Waals surface area contributed by atoms with Crippen molar-refractivity contribution >= 4 is 34.6 Å². The Morgan fingerprint density at radius 3 is 2.71 bits per heavy atom. The van der Waals surface area contributed by atoms with Gasteiger partial charge in [-0.1, -0.05) is 12.1 Å². The summed E-state index contributed by atoms with van der Waals surface area (Å²) in [5.41, 5.74) is 2.06. The summed E-state index contributed by atoms with van der Waals surface area (Å²) in [5.74, 6) is 1.64. The van der Waals surface area contributed by atoms with Gasteiger partial charge in [-0.15, -0.1) is 11.8 Å². The number of hydrogen-bond acceptors (Lipinski definition) is 6. The SMILES string of the molecule is CN=C(NCCNc1ncnc2c1cnn2C)N(C)Cc1ccc(SC)cc1. The van der Waals surface area contributed by atoms with Gasteiger partial charge in [-0.2, -0.15) is 5.10 Å². The smallest absolute Gasteiger partial charge is 0.193 e. The molecule has 0 bridgehead atoms. The third-order valence-corrected chi connectivity index (χ3v) is 5.13. The molecule has 0 aliphatic carbocycles. The van der Waals surface area contributed by atoms with Crippen LogP contribution in [0.4, 0.5) is 5.82 Å². The molecule has 0 saturated carbocycles. The van der Waals surface area contributed by atoms with Crippen LogP contribution in [0.2, 0.25) is 0 Å². The lowest BCUT2D eigenvalue weighted by molar-refractivity contribution is 0.478. The Bertz CT molecular complexity index is 935. The highest BCUT2D eigenvalue weighted by Gasteiger charge is 2.08. The minimum Gasteiger partial charge on any atom is -0.368 e. The highest BCUT2D eigenvalue weighted by molar-refractivity contribution is 7.98. The van der Waals surface area contributed by atoms with Crippen LogP contribution in [-0.2, 0) is 13.6 Å². The van der Waals surface area contributed by atoms with Gasteiger partial charge in [-0.05, 0) is 24.0 Å². The maximum absolute atomic E-state index is 4.38. The summed E-state index contributed by atoms with van der Waals surface area (Å²) in [4.78, 5) is 16.3. The number of guanidine groups is 1. The number of fused-ring (bicyclic) bond motifs is 1. The molecule has 2 heterocycles. The number of nitrogens with one attached hydrogen (secondary N) is 2. The molecule has 0 fully saturated rings. The zero-order valence-corrected chi connectivity index (χ0v) is 17.5. The van der Waals surface area contributed by atoms with Gasteiger partial charge in [-0.3, -0.25) is 9.67 Å². The molecule has 0 saturated heterocycles. The van der Waals surface area contributed by atoms with Crippen molar-refractivity contribution in [1.82, 2.24) is 30.0 Å². The number of hydrogen-bond donors (Lipinski definition) is 2. The third kappa shape index (κ3) is 4.72. The van der Waals surface area contributed by atoms with Gasteiger partial charge in [-0.25, -0.2) is 9.97 Å². The molecular formula is C19H26N8S. The van der Waals surface area contributed by atoms with Gasteiger partial charge in [0, 0.05) is 45.7 Å². The Balaban J connectivity index is 1.50. The van der Waals surface area contributed by atoms with Crippen LogP contribution in [0.1, 0.15) is 5.56 Å². The van der Waals surface area contributed by atoms with Crippen LogP contribution in [0.5, 0.6) is 0 Å². The fraction of sp³-hybridized carbons (Fsp3) is 0.368. The highest BCUT2D eigenvalue weighted by Crippen LogP contribution is 2.17. The fourth-order valence-corrected chi connectivity index (χ4v) is 3.33. The van der Waals surface area contributed by atoms with Gasteiger partial charge >= 0.3 is 0 Å². The number of aromatic nitrogens is 4. The predicted molar refractivity (Wildman–Crippen MR) is 116 cm³/mol. The Morgan fingerprint density at radius 1 is 1.21 bits per heavy atom. The molecule has 0 aliphatic heterocycles. The summed E-state index contributed by atoms with van der Waals surface area (Å²) in [7, 11) is 5.71. The molecule has 0 amide bonds. The van der Waals surface area contributed by atoms with E-state index in [9.17, 15) is 0 Å². The summed E-state index contributed by atoms with van der Waals surface area (Å²) in [6, 6.07) is 8.61. The summed E-state index contributed by atoms with van der Waals surface area (Å²) in [6.45, 7) is 2.22. The average molecular weight is 399 g/mol. The minimum absolute atomic E-state index is 0.705. The second-order valence-electron chi connectivity index (χ2n) is 6.33. The van der Waals surface area contributed by atoms with Crippen LogP contribution < -0.4 is 10.6 Å². The molecule has 0 aliphatic rings. The van der Waals surface area contributed by atoms with Gasteiger partial charge in [0.25, 0.3) is 0 Å². The van der Waals surface area contributed by atoms with Crippen LogP contribution >= 0.6 is 11.8 Å². The second-order valence-corrected chi connectivity index (χ2v) is 7.21. The second kappa shape index (κ2) is 9.41. The van der Waals surface area contributed by atoms with Gasteiger partial charge in [0.1, 0.15) is 12.1 Å². The molecule has 0 radical (unpaired) electrons. The first-order valence-corrected chi connectivity index (χ1v) is 10.3. The van der Waals surface area contributed by atoms with Crippen LogP contribution in [0.3, 0.4) is 0 Å². The summed E-state index contributed by atoms with van der Waals surface area (Å²) in [6.07, 6.45) is 5.41. The van der Waals surface area contributed by atoms with E-state index < -0.39 is 0 Å². The molecule has 8 nitrogen and oxygen atoms in total. The van der Waals surface area contributed by atoms with E-state index >= 15 is 0 Å². The van der Waals surface area contributed by atoms with Crippen molar-refractivity contribution in [1.29, 1.82) is 0 Å². The van der Waals surface area contributed by atoms with E-state index in [4.69, 9.17) is 0 Å². The maximum Gasteiger partial charge on any atom is 0.193 e. The normalized spacial score (nSPS) is 11.6. The van der Waals surface area contributed by atoms with Crippen molar-refractivity contribution in [3.05, 3.63) is 42.4 Å². The topological polar surface area (TPSA) is 83.3 Å². The van der Waals surface area contributed by atoms with Crippen molar-refractivity contribution in [2.24, 2.45) is 12.0 Å². The van der Waals surface area contributed by atoms with Gasteiger partial charge in [0.15, 0.2) is 11.6 Å². The largest absolute Gasteiger partial charge is 0.368 e. The first kappa shape index (κ1) is 19.9. The van der Waals surface area contributed by atoms with E-state index in [1.807, 2.05) is 14.1 Å². The van der Waals surface area contributed by atoms with Crippen LogP contribution in [0.25, 0.3) is 11.0 Å². The minimum atomic E-state index is 0.705. The van der Waals surface area contributed by atoms with Gasteiger partial charge < -0.3 is 15.5 Å². The van der Waals surface area contributed by atoms with Crippen LogP contribution in [0.15, 0.2) is 46.7 Å². The molecule has 2 N–H and O–H groups in total. The molecule has 0 spiro atoms. The number of benzene rings is 1. The van der Waals surface area contributed by atoms with Crippen LogP contribution in [-0.4, -0.2) is 64.0 Å². The molecule has 1 aromatic carbocycles. The van der Waals surface area contributed by atoms with E-state index in [1.54, 1.807) is 36.0 Å². The lowest BCUT2D eigenvalue weighted by Gasteiger charge is -2.22. The number of nitrogens with zero attached hydrogens (tertiary/aromatic N) is 6. The van der Waals surface area contributed by atoms with E-state index in [2.05, 4.69) is 66.1 Å². The zero-order valence-electron chi connectivity index (χ0n) is 16.7. The number of aliphatic imine (C=N–C) groups is 1. The monoisotopic (exact) mass is 398 g/mol. The van der Waals surface area contributed by atoms with Crippen LogP contribution in [0, 0.1) is 0 Å². The highest BCUT2D eigenvalue weighted by atomic mass is 32.2. The third-order valence-electron chi connectivity index (χ3n) is 4.38. The Hall–Kier alpha value is -2.81. The lowest BCUT2D eigenvalue weighted by Crippen LogP contribution is -2.40. The lowest BCUT2D eigenvalue weighted by atomic mass is 10.2. The van der Waals surface area contributed by atoms with Crippen molar-refractivity contribution in [2.75, 3.05) is 38.8 Å². The van der Waals surface area contributed by atoms with E-state index in [1.165, 1.54) is 10.5 Å². The van der Waals surface area contributed by atoms with Crippen molar-refractivity contribution in [3.8, 4) is 0 Å². The summed E-state index contributed by atoms with van der Waals surface area (Å²) in [5, 5.41) is 11.9. The maximum atomic E-state index is 4.38. The molecule has 148 valence electrons. The van der Waals surface area contributed by atoms with Gasteiger partial charge in [0.05, 0.1) is 11.6 Å². The number of anilines is 1. The van der Waals surface area contributed by atoms with Crippen molar-refractivity contribution in [3.63, 3.8) is 0 Å². The summed E-state index contributed by atoms with van der Waals surface area (Å²) < 4.78 is 1.74. The van der Waals surface area contributed by atoms with E-state index in [-0.39, 0.29) is 0 Å². The molecule has 9 heteroatoms. The molecule has 0 unspecified atom stereocenters. The molecule has 3 rings (SSSR count). The number of thioether (sulfide) groups is 1. The van der Waals surface area contributed by atoms with Crippen molar-refractivity contribution in [2.45, 2.75) is 11.4 Å². The van der Waals surface area contributed by atoms with Crippen molar-refractivity contribution < 1.29 is 0 Å². The van der Waals surface area contributed by atoms with E-state index in [0.29, 0.717) is 13.1 Å². The summed E-state index contributed by atoms with van der Waals surface area (Å²) >= 11 is 1.75. The Kier molecular flexibility index (Phi) is 6.70. The first-order chi connectivity index (χ1) is 13.6. The molecular weight excluding hydrogens is 372 g/mol. The molecule has 2 aromatic heterocycles. The number of aryl methyl sites for hydroxylation is 1. The average Bonchev–Trinajstić information content (AvgIpc) is 3.10. The number of rotatable bonds is 7. The standard InChI is InChI=1S/C19H26N8S/c1-20-19(26(2)12-14-5-7-15(28-4)8-6-14)22-10-9-21-17-16-11-25-27(3)18(16)24-13-23-17/h5-8,11,13H,9-10,12H2,1-4H3,(H,20,22)(H,21,23,24). The predicted octanol–water partition coefficient (Wildman–Crippen LogP) is 2.20. The molecule has 28 heavy (non-hydrogen) atoms. The Labute approximate surface area is 169 Å². The van der Waals surface area contributed by atoms with E-state index in [0.717, 1.165) is 29.4 Å². The van der Waals surface area contributed by atoms with Gasteiger partial charge in [0.2, 0.25) is 0 Å². The molecule has 0 atom stereocenters. The molecule has 3 aromatic rings. The quantitative estimate of drug-likeness (QED) is 0.273. The first-order valence-electron chi connectivity index (χ1n) is 9.03. The fourth-order valence-electron chi connectivity index (χ4n) is 2.92.